The molecule has 0 spiro atoms. The SMILES string of the molecule is CCCCC1=CC(=O)CC(CCCC)C1. The summed E-state index contributed by atoms with van der Waals surface area (Å²) in [4.78, 5) is 11.5. The molecule has 1 rings (SSSR count). The van der Waals surface area contributed by atoms with Crippen molar-refractivity contribution in [1.29, 1.82) is 0 Å². The fraction of sp³-hybridized carbons (Fsp3) is 0.786. The maximum atomic E-state index is 11.5. The highest BCUT2D eigenvalue weighted by molar-refractivity contribution is 5.91. The average molecular weight is 208 g/mol. The minimum absolute atomic E-state index is 0.369. The lowest BCUT2D eigenvalue weighted by Crippen LogP contribution is -2.14. The summed E-state index contributed by atoms with van der Waals surface area (Å²) in [5, 5.41) is 0. The zero-order valence-corrected chi connectivity index (χ0v) is 10.2. The van der Waals surface area contributed by atoms with Gasteiger partial charge in [-0.3, -0.25) is 4.79 Å². The van der Waals surface area contributed by atoms with Gasteiger partial charge in [0.15, 0.2) is 5.78 Å². The molecule has 0 saturated heterocycles. The van der Waals surface area contributed by atoms with E-state index in [4.69, 9.17) is 0 Å². The molecule has 0 saturated carbocycles. The molecule has 0 aromatic rings. The van der Waals surface area contributed by atoms with Crippen LogP contribution in [0.15, 0.2) is 11.6 Å². The lowest BCUT2D eigenvalue weighted by molar-refractivity contribution is -0.116. The fourth-order valence-corrected chi connectivity index (χ4v) is 2.35. The van der Waals surface area contributed by atoms with Crippen LogP contribution in [-0.4, -0.2) is 5.78 Å². The molecule has 0 N–H and O–H groups in total. The maximum Gasteiger partial charge on any atom is 0.155 e. The highest BCUT2D eigenvalue weighted by Crippen LogP contribution is 2.29. The number of carbonyl (C=O) groups is 1. The number of carbonyl (C=O) groups excluding carboxylic acids is 1. The molecule has 0 aliphatic heterocycles. The van der Waals surface area contributed by atoms with E-state index < -0.39 is 0 Å². The van der Waals surface area contributed by atoms with Gasteiger partial charge in [-0.25, -0.2) is 0 Å². The van der Waals surface area contributed by atoms with Crippen molar-refractivity contribution in [3.63, 3.8) is 0 Å². The molecule has 0 amide bonds. The zero-order chi connectivity index (χ0) is 11.1. The molecular weight excluding hydrogens is 184 g/mol. The summed E-state index contributed by atoms with van der Waals surface area (Å²) < 4.78 is 0. The monoisotopic (exact) mass is 208 g/mol. The van der Waals surface area contributed by atoms with Crippen LogP contribution in [-0.2, 0) is 4.79 Å². The van der Waals surface area contributed by atoms with Crippen molar-refractivity contribution in [2.45, 2.75) is 65.2 Å². The van der Waals surface area contributed by atoms with E-state index in [1.165, 1.54) is 44.1 Å². The quantitative estimate of drug-likeness (QED) is 0.637. The van der Waals surface area contributed by atoms with Crippen LogP contribution < -0.4 is 0 Å². The van der Waals surface area contributed by atoms with Gasteiger partial charge in [0.05, 0.1) is 0 Å². The molecule has 15 heavy (non-hydrogen) atoms. The van der Waals surface area contributed by atoms with Crippen molar-refractivity contribution in [3.05, 3.63) is 11.6 Å². The Morgan fingerprint density at radius 3 is 2.60 bits per heavy atom. The van der Waals surface area contributed by atoms with Gasteiger partial charge in [0.1, 0.15) is 0 Å². The fourth-order valence-electron chi connectivity index (χ4n) is 2.35. The number of hydrogen-bond acceptors (Lipinski definition) is 1. The highest BCUT2D eigenvalue weighted by Gasteiger charge is 2.19. The van der Waals surface area contributed by atoms with Crippen molar-refractivity contribution in [2.75, 3.05) is 0 Å². The van der Waals surface area contributed by atoms with Crippen molar-refractivity contribution in [3.8, 4) is 0 Å². The van der Waals surface area contributed by atoms with Crippen LogP contribution in [0.4, 0.5) is 0 Å². The predicted molar refractivity (Wildman–Crippen MR) is 64.9 cm³/mol. The highest BCUT2D eigenvalue weighted by atomic mass is 16.1. The molecule has 0 aromatic heterocycles. The molecule has 1 aliphatic rings. The Morgan fingerprint density at radius 1 is 1.20 bits per heavy atom. The second kappa shape index (κ2) is 6.81. The molecule has 1 atom stereocenters. The third-order valence-corrected chi connectivity index (χ3v) is 3.22. The van der Waals surface area contributed by atoms with Gasteiger partial charge in [0.2, 0.25) is 0 Å². The number of ketones is 1. The van der Waals surface area contributed by atoms with E-state index in [-0.39, 0.29) is 0 Å². The molecule has 1 nitrogen and oxygen atoms in total. The van der Waals surface area contributed by atoms with Gasteiger partial charge >= 0.3 is 0 Å². The first kappa shape index (κ1) is 12.5. The maximum absolute atomic E-state index is 11.5. The van der Waals surface area contributed by atoms with Crippen LogP contribution in [0.1, 0.15) is 65.2 Å². The van der Waals surface area contributed by atoms with Crippen LogP contribution in [0, 0.1) is 5.92 Å². The Hall–Kier alpha value is -0.590. The van der Waals surface area contributed by atoms with Crippen LogP contribution in [0.25, 0.3) is 0 Å². The van der Waals surface area contributed by atoms with E-state index in [1.54, 1.807) is 0 Å². The van der Waals surface area contributed by atoms with E-state index in [1.807, 2.05) is 6.08 Å². The van der Waals surface area contributed by atoms with Crippen LogP contribution >= 0.6 is 0 Å². The third-order valence-electron chi connectivity index (χ3n) is 3.22. The lowest BCUT2D eigenvalue weighted by Gasteiger charge is -2.21. The van der Waals surface area contributed by atoms with E-state index in [0.717, 1.165) is 12.8 Å². The van der Waals surface area contributed by atoms with Gasteiger partial charge in [0.25, 0.3) is 0 Å². The van der Waals surface area contributed by atoms with E-state index >= 15 is 0 Å². The van der Waals surface area contributed by atoms with Crippen molar-refractivity contribution in [1.82, 2.24) is 0 Å². The van der Waals surface area contributed by atoms with Crippen molar-refractivity contribution >= 4 is 5.78 Å². The molecule has 1 heteroatoms. The molecule has 0 heterocycles. The molecule has 1 aliphatic carbocycles. The number of unbranched alkanes of at least 4 members (excludes halogenated alkanes) is 2. The first-order chi connectivity index (χ1) is 7.26. The molecule has 0 aromatic carbocycles. The minimum atomic E-state index is 0.369. The first-order valence-electron chi connectivity index (χ1n) is 6.48. The summed E-state index contributed by atoms with van der Waals surface area (Å²) in [5.74, 6) is 1.02. The molecule has 0 bridgehead atoms. The van der Waals surface area contributed by atoms with Gasteiger partial charge in [-0.2, -0.15) is 0 Å². The second-order valence-corrected chi connectivity index (χ2v) is 4.79. The van der Waals surface area contributed by atoms with Gasteiger partial charge < -0.3 is 0 Å². The standard InChI is InChI=1S/C14H24O/c1-3-5-7-12-9-13(8-6-4-2)11-14(15)10-12/h10,13H,3-9,11H2,1-2H3. The summed E-state index contributed by atoms with van der Waals surface area (Å²) in [6, 6.07) is 0. The summed E-state index contributed by atoms with van der Waals surface area (Å²) in [6.45, 7) is 4.43. The van der Waals surface area contributed by atoms with Crippen LogP contribution in [0.2, 0.25) is 0 Å². The molecule has 0 radical (unpaired) electrons. The smallest absolute Gasteiger partial charge is 0.155 e. The Bertz CT molecular complexity index is 227. The second-order valence-electron chi connectivity index (χ2n) is 4.79. The summed E-state index contributed by atoms with van der Waals surface area (Å²) in [5.41, 5.74) is 1.41. The Kier molecular flexibility index (Phi) is 5.67. The Balaban J connectivity index is 2.40. The number of hydrogen-bond donors (Lipinski definition) is 0. The third kappa shape index (κ3) is 4.63. The van der Waals surface area contributed by atoms with Crippen LogP contribution in [0.5, 0.6) is 0 Å². The Morgan fingerprint density at radius 2 is 1.93 bits per heavy atom. The molecule has 0 fully saturated rings. The number of allylic oxidation sites excluding steroid dienone is 2. The van der Waals surface area contributed by atoms with Gasteiger partial charge in [0, 0.05) is 6.42 Å². The molecule has 86 valence electrons. The van der Waals surface area contributed by atoms with E-state index in [2.05, 4.69) is 13.8 Å². The van der Waals surface area contributed by atoms with Crippen molar-refractivity contribution in [2.24, 2.45) is 5.92 Å². The van der Waals surface area contributed by atoms with Gasteiger partial charge in [-0.15, -0.1) is 0 Å². The normalized spacial score (nSPS) is 21.6. The predicted octanol–water partition coefficient (Wildman–Crippen LogP) is 4.27. The average Bonchev–Trinajstić information content (AvgIpc) is 2.23. The van der Waals surface area contributed by atoms with Crippen molar-refractivity contribution < 1.29 is 4.79 Å². The first-order valence-corrected chi connectivity index (χ1v) is 6.48. The summed E-state index contributed by atoms with van der Waals surface area (Å²) in [7, 11) is 0. The van der Waals surface area contributed by atoms with E-state index in [9.17, 15) is 4.79 Å². The topological polar surface area (TPSA) is 17.1 Å². The molecule has 1 unspecified atom stereocenters. The summed E-state index contributed by atoms with van der Waals surface area (Å²) >= 11 is 0. The number of rotatable bonds is 6. The zero-order valence-electron chi connectivity index (χ0n) is 10.2. The largest absolute Gasteiger partial charge is 0.295 e. The summed E-state index contributed by atoms with van der Waals surface area (Å²) in [6.07, 6.45) is 11.3. The molecular formula is C14H24O. The van der Waals surface area contributed by atoms with Gasteiger partial charge in [-0.1, -0.05) is 38.7 Å². The van der Waals surface area contributed by atoms with Gasteiger partial charge in [-0.05, 0) is 37.7 Å². The van der Waals surface area contributed by atoms with Crippen LogP contribution in [0.3, 0.4) is 0 Å². The van der Waals surface area contributed by atoms with E-state index in [0.29, 0.717) is 11.7 Å². The lowest BCUT2D eigenvalue weighted by atomic mass is 9.83. The Labute approximate surface area is 93.9 Å². The minimum Gasteiger partial charge on any atom is -0.295 e.